The van der Waals surface area contributed by atoms with Gasteiger partial charge in [0, 0.05) is 22.3 Å². The van der Waals surface area contributed by atoms with Crippen molar-refractivity contribution in [2.75, 3.05) is 0 Å². The normalized spacial score (nSPS) is 16.9. The quantitative estimate of drug-likeness (QED) is 0.840. The summed E-state index contributed by atoms with van der Waals surface area (Å²) in [6, 6.07) is 2.86. The van der Waals surface area contributed by atoms with Gasteiger partial charge in [-0.15, -0.1) is 11.3 Å². The molecule has 0 saturated heterocycles. The molecular weight excluding hydrogens is 242 g/mol. The van der Waals surface area contributed by atoms with E-state index >= 15 is 0 Å². The van der Waals surface area contributed by atoms with Gasteiger partial charge in [-0.25, -0.2) is 0 Å². The summed E-state index contributed by atoms with van der Waals surface area (Å²) in [4.78, 5) is 2.83. The molecule has 0 aromatic carbocycles. The van der Waals surface area contributed by atoms with Gasteiger partial charge in [-0.3, -0.25) is 0 Å². The third-order valence-electron chi connectivity index (χ3n) is 3.53. The molecule has 0 bridgehead atoms. The number of hydrogen-bond donors (Lipinski definition) is 1. The molecule has 1 fully saturated rings. The standard InChI is InChI=1S/C15H25NOS/c1-11(2)16-9-15-8-13(12(3)18-15)10-17-14-6-4-5-7-14/h8,11,14,16H,4-7,9-10H2,1-3H3. The molecule has 3 heteroatoms. The van der Waals surface area contributed by atoms with Crippen molar-refractivity contribution >= 4 is 11.3 Å². The first-order valence-corrected chi connectivity index (χ1v) is 7.90. The zero-order valence-electron chi connectivity index (χ0n) is 11.8. The van der Waals surface area contributed by atoms with Crippen LogP contribution in [0.4, 0.5) is 0 Å². The molecular formula is C15H25NOS. The lowest BCUT2D eigenvalue weighted by atomic mass is 10.2. The number of nitrogens with one attached hydrogen (secondary N) is 1. The van der Waals surface area contributed by atoms with E-state index in [1.165, 1.54) is 41.0 Å². The molecule has 1 N–H and O–H groups in total. The number of thiophene rings is 1. The molecule has 0 radical (unpaired) electrons. The van der Waals surface area contributed by atoms with E-state index in [1.807, 2.05) is 11.3 Å². The van der Waals surface area contributed by atoms with Crippen LogP contribution in [0.5, 0.6) is 0 Å². The Morgan fingerprint density at radius 2 is 2.11 bits per heavy atom. The summed E-state index contributed by atoms with van der Waals surface area (Å²) in [5, 5.41) is 3.47. The van der Waals surface area contributed by atoms with Crippen LogP contribution in [-0.4, -0.2) is 12.1 Å². The average molecular weight is 267 g/mol. The molecule has 1 aliphatic rings. The van der Waals surface area contributed by atoms with E-state index in [-0.39, 0.29) is 0 Å². The topological polar surface area (TPSA) is 21.3 Å². The Morgan fingerprint density at radius 1 is 1.39 bits per heavy atom. The van der Waals surface area contributed by atoms with Crippen molar-refractivity contribution in [2.24, 2.45) is 0 Å². The van der Waals surface area contributed by atoms with Gasteiger partial charge in [0.05, 0.1) is 12.7 Å². The van der Waals surface area contributed by atoms with E-state index in [9.17, 15) is 0 Å². The first-order valence-electron chi connectivity index (χ1n) is 7.08. The van der Waals surface area contributed by atoms with Crippen LogP contribution in [0.25, 0.3) is 0 Å². The molecule has 0 unspecified atom stereocenters. The number of ether oxygens (including phenoxy) is 1. The van der Waals surface area contributed by atoms with Crippen LogP contribution in [0, 0.1) is 6.92 Å². The molecule has 1 saturated carbocycles. The van der Waals surface area contributed by atoms with E-state index in [2.05, 4.69) is 32.2 Å². The van der Waals surface area contributed by atoms with Gasteiger partial charge in [0.1, 0.15) is 0 Å². The lowest BCUT2D eigenvalue weighted by molar-refractivity contribution is 0.0456. The number of rotatable bonds is 6. The van der Waals surface area contributed by atoms with E-state index in [0.717, 1.165) is 13.2 Å². The van der Waals surface area contributed by atoms with Gasteiger partial charge in [-0.1, -0.05) is 26.7 Å². The van der Waals surface area contributed by atoms with Crippen LogP contribution in [-0.2, 0) is 17.9 Å². The smallest absolute Gasteiger partial charge is 0.0731 e. The van der Waals surface area contributed by atoms with Gasteiger partial charge in [-0.05, 0) is 31.4 Å². The van der Waals surface area contributed by atoms with Crippen LogP contribution in [0.2, 0.25) is 0 Å². The minimum Gasteiger partial charge on any atom is -0.374 e. The molecule has 0 atom stereocenters. The number of aryl methyl sites for hydroxylation is 1. The van der Waals surface area contributed by atoms with Crippen molar-refractivity contribution < 1.29 is 4.74 Å². The fraction of sp³-hybridized carbons (Fsp3) is 0.733. The lowest BCUT2D eigenvalue weighted by Gasteiger charge is -2.10. The second-order valence-electron chi connectivity index (χ2n) is 5.55. The maximum absolute atomic E-state index is 6.00. The van der Waals surface area contributed by atoms with E-state index in [0.29, 0.717) is 12.1 Å². The summed E-state index contributed by atoms with van der Waals surface area (Å²) < 4.78 is 6.00. The Morgan fingerprint density at radius 3 is 2.78 bits per heavy atom. The fourth-order valence-corrected chi connectivity index (χ4v) is 3.38. The van der Waals surface area contributed by atoms with Gasteiger partial charge >= 0.3 is 0 Å². The molecule has 1 heterocycles. The van der Waals surface area contributed by atoms with Crippen molar-refractivity contribution in [3.8, 4) is 0 Å². The van der Waals surface area contributed by atoms with E-state index < -0.39 is 0 Å². The predicted octanol–water partition coefficient (Wildman–Crippen LogP) is 4.01. The zero-order chi connectivity index (χ0) is 13.0. The predicted molar refractivity (Wildman–Crippen MR) is 78.1 cm³/mol. The molecule has 2 nitrogen and oxygen atoms in total. The highest BCUT2D eigenvalue weighted by molar-refractivity contribution is 7.12. The molecule has 1 aliphatic carbocycles. The third kappa shape index (κ3) is 4.08. The van der Waals surface area contributed by atoms with Crippen molar-refractivity contribution in [1.29, 1.82) is 0 Å². The van der Waals surface area contributed by atoms with Gasteiger partial charge in [-0.2, -0.15) is 0 Å². The summed E-state index contributed by atoms with van der Waals surface area (Å²) >= 11 is 1.90. The monoisotopic (exact) mass is 267 g/mol. The van der Waals surface area contributed by atoms with Crippen LogP contribution in [0.15, 0.2) is 6.07 Å². The average Bonchev–Trinajstić information content (AvgIpc) is 2.93. The first kappa shape index (κ1) is 14.0. The van der Waals surface area contributed by atoms with Crippen LogP contribution in [0.1, 0.15) is 54.8 Å². The molecule has 1 aromatic heterocycles. The first-order chi connectivity index (χ1) is 8.65. The summed E-state index contributed by atoms with van der Waals surface area (Å²) in [5.41, 5.74) is 1.38. The Balaban J connectivity index is 1.83. The number of hydrogen-bond acceptors (Lipinski definition) is 3. The highest BCUT2D eigenvalue weighted by atomic mass is 32.1. The second-order valence-corrected chi connectivity index (χ2v) is 6.89. The van der Waals surface area contributed by atoms with Crippen molar-refractivity contribution in [1.82, 2.24) is 5.32 Å². The summed E-state index contributed by atoms with van der Waals surface area (Å²) in [7, 11) is 0. The highest BCUT2D eigenvalue weighted by Crippen LogP contribution is 2.26. The highest BCUT2D eigenvalue weighted by Gasteiger charge is 2.16. The van der Waals surface area contributed by atoms with Crippen molar-refractivity contribution in [3.05, 3.63) is 21.4 Å². The Bertz CT molecular complexity index is 367. The molecule has 2 rings (SSSR count). The molecule has 1 aromatic rings. The molecule has 102 valence electrons. The van der Waals surface area contributed by atoms with Crippen molar-refractivity contribution in [2.45, 2.75) is 71.8 Å². The van der Waals surface area contributed by atoms with Crippen LogP contribution >= 0.6 is 11.3 Å². The minimum absolute atomic E-state index is 0.515. The second kappa shape index (κ2) is 6.69. The van der Waals surface area contributed by atoms with Crippen LogP contribution in [0.3, 0.4) is 0 Å². The summed E-state index contributed by atoms with van der Waals surface area (Å²) in [5.74, 6) is 0. The molecule has 0 amide bonds. The summed E-state index contributed by atoms with van der Waals surface area (Å²) in [6.07, 6.45) is 5.71. The van der Waals surface area contributed by atoms with Gasteiger partial charge in [0.25, 0.3) is 0 Å². The van der Waals surface area contributed by atoms with Gasteiger partial charge in [0.2, 0.25) is 0 Å². The molecule has 0 aliphatic heterocycles. The SMILES string of the molecule is Cc1sc(CNC(C)C)cc1COC1CCCC1. The third-order valence-corrected chi connectivity index (χ3v) is 4.63. The van der Waals surface area contributed by atoms with E-state index in [1.54, 1.807) is 0 Å². The Kier molecular flexibility index (Phi) is 5.22. The summed E-state index contributed by atoms with van der Waals surface area (Å²) in [6.45, 7) is 8.35. The maximum Gasteiger partial charge on any atom is 0.0731 e. The maximum atomic E-state index is 6.00. The minimum atomic E-state index is 0.515. The largest absolute Gasteiger partial charge is 0.374 e. The fourth-order valence-electron chi connectivity index (χ4n) is 2.39. The van der Waals surface area contributed by atoms with E-state index in [4.69, 9.17) is 4.74 Å². The molecule has 18 heavy (non-hydrogen) atoms. The Hall–Kier alpha value is -0.380. The van der Waals surface area contributed by atoms with Gasteiger partial charge < -0.3 is 10.1 Å². The van der Waals surface area contributed by atoms with Crippen molar-refractivity contribution in [3.63, 3.8) is 0 Å². The van der Waals surface area contributed by atoms with Crippen LogP contribution < -0.4 is 5.32 Å². The lowest BCUT2D eigenvalue weighted by Crippen LogP contribution is -2.21. The zero-order valence-corrected chi connectivity index (χ0v) is 12.6. The molecule has 0 spiro atoms. The van der Waals surface area contributed by atoms with Gasteiger partial charge in [0.15, 0.2) is 0 Å². The Labute approximate surface area is 115 Å².